The number of hydrogen-bond donors (Lipinski definition) is 2. The van der Waals surface area contributed by atoms with Crippen LogP contribution < -0.4 is 5.73 Å². The molecule has 0 aliphatic carbocycles. The van der Waals surface area contributed by atoms with Gasteiger partial charge in [-0.1, -0.05) is 0 Å². The van der Waals surface area contributed by atoms with E-state index < -0.39 is 0 Å². The lowest BCUT2D eigenvalue weighted by atomic mass is 10.4. The number of nitrogens with one attached hydrogen (secondary N) is 1. The van der Waals surface area contributed by atoms with Crippen molar-refractivity contribution in [1.82, 2.24) is 24.9 Å². The molecule has 3 N–H and O–H groups in total. The molecular formula is C10H10N6S. The van der Waals surface area contributed by atoms with Crippen LogP contribution >= 0.6 is 11.3 Å². The highest BCUT2D eigenvalue weighted by Crippen LogP contribution is 2.28. The SMILES string of the molecule is Cc1nc(CN)sc1-c1nc2ncncc2[nH]1. The molecule has 3 heterocycles. The molecule has 3 aromatic heterocycles. The van der Waals surface area contributed by atoms with Gasteiger partial charge in [-0.2, -0.15) is 0 Å². The Morgan fingerprint density at radius 2 is 2.29 bits per heavy atom. The van der Waals surface area contributed by atoms with Crippen molar-refractivity contribution in [3.63, 3.8) is 0 Å². The first-order valence-corrected chi connectivity index (χ1v) is 5.92. The number of nitrogens with zero attached hydrogens (tertiary/aromatic N) is 4. The first kappa shape index (κ1) is 10.3. The molecule has 3 rings (SSSR count). The van der Waals surface area contributed by atoms with Crippen LogP contribution in [-0.2, 0) is 6.54 Å². The van der Waals surface area contributed by atoms with E-state index in [9.17, 15) is 0 Å². The summed E-state index contributed by atoms with van der Waals surface area (Å²) >= 11 is 1.55. The lowest BCUT2D eigenvalue weighted by Crippen LogP contribution is -1.94. The van der Waals surface area contributed by atoms with Gasteiger partial charge in [0.05, 0.1) is 16.8 Å². The van der Waals surface area contributed by atoms with Gasteiger partial charge in [-0.05, 0) is 6.92 Å². The fourth-order valence-corrected chi connectivity index (χ4v) is 2.52. The number of imidazole rings is 1. The third kappa shape index (κ3) is 1.69. The number of aryl methyl sites for hydroxylation is 1. The monoisotopic (exact) mass is 246 g/mol. The average molecular weight is 246 g/mol. The second-order valence-corrected chi connectivity index (χ2v) is 4.66. The predicted octanol–water partition coefficient (Wildman–Crippen LogP) is 1.24. The molecule has 0 bridgehead atoms. The molecule has 7 heteroatoms. The van der Waals surface area contributed by atoms with E-state index in [4.69, 9.17) is 5.73 Å². The van der Waals surface area contributed by atoms with Crippen LogP contribution in [0.15, 0.2) is 12.5 Å². The van der Waals surface area contributed by atoms with Crippen LogP contribution in [0.3, 0.4) is 0 Å². The lowest BCUT2D eigenvalue weighted by molar-refractivity contribution is 1.02. The van der Waals surface area contributed by atoms with Crippen molar-refractivity contribution in [3.05, 3.63) is 23.2 Å². The first-order chi connectivity index (χ1) is 8.28. The van der Waals surface area contributed by atoms with Crippen LogP contribution in [0.2, 0.25) is 0 Å². The molecule has 0 saturated carbocycles. The molecular weight excluding hydrogens is 236 g/mol. The van der Waals surface area contributed by atoms with E-state index in [1.54, 1.807) is 17.5 Å². The summed E-state index contributed by atoms with van der Waals surface area (Å²) in [6.07, 6.45) is 3.19. The van der Waals surface area contributed by atoms with E-state index in [0.29, 0.717) is 12.2 Å². The fraction of sp³-hybridized carbons (Fsp3) is 0.200. The first-order valence-electron chi connectivity index (χ1n) is 5.10. The van der Waals surface area contributed by atoms with E-state index in [-0.39, 0.29) is 0 Å². The molecule has 0 aliphatic rings. The van der Waals surface area contributed by atoms with E-state index in [0.717, 1.165) is 26.9 Å². The largest absolute Gasteiger partial charge is 0.335 e. The fourth-order valence-electron chi connectivity index (χ4n) is 1.63. The zero-order valence-electron chi connectivity index (χ0n) is 9.14. The van der Waals surface area contributed by atoms with Gasteiger partial charge >= 0.3 is 0 Å². The van der Waals surface area contributed by atoms with Gasteiger partial charge in [-0.3, -0.25) is 0 Å². The van der Waals surface area contributed by atoms with Gasteiger partial charge in [-0.25, -0.2) is 19.9 Å². The Bertz CT molecular complexity index is 637. The molecule has 3 aromatic rings. The Morgan fingerprint density at radius 1 is 1.41 bits per heavy atom. The summed E-state index contributed by atoms with van der Waals surface area (Å²) in [5.41, 5.74) is 8.00. The van der Waals surface area contributed by atoms with Crippen LogP contribution in [-0.4, -0.2) is 24.9 Å². The Labute approximate surface area is 101 Å². The summed E-state index contributed by atoms with van der Waals surface area (Å²) in [7, 11) is 0. The summed E-state index contributed by atoms with van der Waals surface area (Å²) in [5, 5.41) is 0.907. The van der Waals surface area contributed by atoms with E-state index in [1.807, 2.05) is 6.92 Å². The number of H-pyrrole nitrogens is 1. The van der Waals surface area contributed by atoms with Gasteiger partial charge in [0.15, 0.2) is 11.5 Å². The maximum Gasteiger partial charge on any atom is 0.181 e. The van der Waals surface area contributed by atoms with Crippen LogP contribution in [0.5, 0.6) is 0 Å². The third-order valence-corrected chi connectivity index (χ3v) is 3.58. The molecule has 0 saturated heterocycles. The minimum Gasteiger partial charge on any atom is -0.335 e. The quantitative estimate of drug-likeness (QED) is 0.709. The highest BCUT2D eigenvalue weighted by Gasteiger charge is 2.13. The molecule has 0 spiro atoms. The van der Waals surface area contributed by atoms with Gasteiger partial charge in [0, 0.05) is 6.54 Å². The van der Waals surface area contributed by atoms with Crippen LogP contribution in [0.4, 0.5) is 0 Å². The summed E-state index contributed by atoms with van der Waals surface area (Å²) in [6, 6.07) is 0. The Hall–Kier alpha value is -1.86. The highest BCUT2D eigenvalue weighted by atomic mass is 32.1. The Kier molecular flexibility index (Phi) is 2.34. The van der Waals surface area contributed by atoms with Gasteiger partial charge in [-0.15, -0.1) is 11.3 Å². The van der Waals surface area contributed by atoms with E-state index >= 15 is 0 Å². The molecule has 0 unspecified atom stereocenters. The zero-order chi connectivity index (χ0) is 11.8. The number of nitrogens with two attached hydrogens (primary N) is 1. The summed E-state index contributed by atoms with van der Waals surface area (Å²) in [6.45, 7) is 2.40. The Morgan fingerprint density at radius 3 is 3.00 bits per heavy atom. The van der Waals surface area contributed by atoms with Crippen molar-refractivity contribution in [1.29, 1.82) is 0 Å². The van der Waals surface area contributed by atoms with Gasteiger partial charge in [0.1, 0.15) is 16.9 Å². The van der Waals surface area contributed by atoms with Crippen molar-refractivity contribution in [2.24, 2.45) is 5.73 Å². The van der Waals surface area contributed by atoms with Crippen molar-refractivity contribution < 1.29 is 0 Å². The topological polar surface area (TPSA) is 93.4 Å². The lowest BCUT2D eigenvalue weighted by Gasteiger charge is -1.89. The van der Waals surface area contributed by atoms with Crippen molar-refractivity contribution in [2.75, 3.05) is 0 Å². The smallest absolute Gasteiger partial charge is 0.181 e. The molecule has 0 amide bonds. The van der Waals surface area contributed by atoms with E-state index in [1.165, 1.54) is 6.33 Å². The second kappa shape index (κ2) is 3.86. The van der Waals surface area contributed by atoms with Gasteiger partial charge < -0.3 is 10.7 Å². The average Bonchev–Trinajstić information content (AvgIpc) is 2.91. The number of hydrogen-bond acceptors (Lipinski definition) is 6. The van der Waals surface area contributed by atoms with Crippen LogP contribution in [0.1, 0.15) is 10.7 Å². The maximum atomic E-state index is 5.58. The maximum absolute atomic E-state index is 5.58. The number of aromatic nitrogens is 5. The summed E-state index contributed by atoms with van der Waals surface area (Å²) < 4.78 is 0. The van der Waals surface area contributed by atoms with Crippen molar-refractivity contribution >= 4 is 22.5 Å². The minimum absolute atomic E-state index is 0.450. The van der Waals surface area contributed by atoms with Crippen molar-refractivity contribution in [3.8, 4) is 10.7 Å². The number of rotatable bonds is 2. The van der Waals surface area contributed by atoms with Crippen LogP contribution in [0.25, 0.3) is 21.9 Å². The van der Waals surface area contributed by atoms with Gasteiger partial charge in [0.25, 0.3) is 0 Å². The van der Waals surface area contributed by atoms with Crippen molar-refractivity contribution in [2.45, 2.75) is 13.5 Å². The molecule has 0 aliphatic heterocycles. The standard InChI is InChI=1S/C10H10N6S/c1-5-8(17-7(2-11)14-5)10-15-6-3-12-4-13-9(6)16-10/h3-4H,2,11H2,1H3,(H,12,13,15,16). The molecule has 0 atom stereocenters. The molecule has 17 heavy (non-hydrogen) atoms. The molecule has 6 nitrogen and oxygen atoms in total. The Balaban J connectivity index is 2.16. The minimum atomic E-state index is 0.450. The molecule has 0 radical (unpaired) electrons. The molecule has 86 valence electrons. The normalized spacial score (nSPS) is 11.2. The van der Waals surface area contributed by atoms with Crippen LogP contribution in [0, 0.1) is 6.92 Å². The highest BCUT2D eigenvalue weighted by molar-refractivity contribution is 7.15. The second-order valence-electron chi connectivity index (χ2n) is 3.57. The third-order valence-electron chi connectivity index (χ3n) is 2.39. The summed E-state index contributed by atoms with van der Waals surface area (Å²) in [4.78, 5) is 21.0. The number of fused-ring (bicyclic) bond motifs is 1. The predicted molar refractivity (Wildman–Crippen MR) is 65.4 cm³/mol. The number of aromatic amines is 1. The van der Waals surface area contributed by atoms with E-state index in [2.05, 4.69) is 24.9 Å². The zero-order valence-corrected chi connectivity index (χ0v) is 9.95. The molecule has 0 aromatic carbocycles. The van der Waals surface area contributed by atoms with Gasteiger partial charge in [0.2, 0.25) is 0 Å². The molecule has 0 fully saturated rings. The summed E-state index contributed by atoms with van der Waals surface area (Å²) in [5.74, 6) is 0.773. The number of thiazole rings is 1.